The van der Waals surface area contributed by atoms with Crippen LogP contribution in [0.25, 0.3) is 11.0 Å². The fraction of sp³-hybridized carbons (Fsp3) is 0.545. The van der Waals surface area contributed by atoms with Crippen LogP contribution in [0, 0.1) is 0 Å². The number of aromatic amines is 2. The molecule has 110 valence electrons. The van der Waals surface area contributed by atoms with E-state index in [-0.39, 0.29) is 18.2 Å². The molecule has 0 radical (unpaired) electrons. The van der Waals surface area contributed by atoms with E-state index in [0.717, 1.165) is 0 Å². The SMILES string of the molecule is CSC[C@H](NCc1n[nH]c2c(=O)[nH]cnc12)[C@H](O)CO. The van der Waals surface area contributed by atoms with Gasteiger partial charge in [0.05, 0.1) is 19.0 Å². The van der Waals surface area contributed by atoms with Gasteiger partial charge in [-0.15, -0.1) is 0 Å². The molecule has 2 aromatic rings. The molecule has 9 heteroatoms. The number of fused-ring (bicyclic) bond motifs is 1. The molecule has 5 N–H and O–H groups in total. The van der Waals surface area contributed by atoms with Crippen LogP contribution in [0.15, 0.2) is 11.1 Å². The van der Waals surface area contributed by atoms with Gasteiger partial charge in [-0.25, -0.2) is 4.98 Å². The molecule has 2 atom stereocenters. The number of nitrogens with one attached hydrogen (secondary N) is 3. The smallest absolute Gasteiger partial charge is 0.276 e. The van der Waals surface area contributed by atoms with Gasteiger partial charge in [0.2, 0.25) is 0 Å². The highest BCUT2D eigenvalue weighted by Gasteiger charge is 2.18. The molecule has 0 saturated carbocycles. The van der Waals surface area contributed by atoms with Crippen molar-refractivity contribution >= 4 is 22.8 Å². The van der Waals surface area contributed by atoms with Crippen LogP contribution in [0.5, 0.6) is 0 Å². The molecule has 0 amide bonds. The molecule has 0 aliphatic rings. The number of hydrogen-bond donors (Lipinski definition) is 5. The molecule has 0 fully saturated rings. The standard InChI is InChI=1S/C11H17N5O3S/c1-20-4-7(8(18)3-17)12-2-6-9-10(16-15-6)11(19)14-5-13-9/h5,7-8,12,17-18H,2-4H2,1H3,(H,15,16)(H,13,14,19)/t7-,8+/m0/s1. The minimum absolute atomic E-state index is 0.260. The van der Waals surface area contributed by atoms with Crippen molar-refractivity contribution in [1.82, 2.24) is 25.5 Å². The third kappa shape index (κ3) is 3.18. The topological polar surface area (TPSA) is 127 Å². The first-order valence-corrected chi connectivity index (χ1v) is 7.48. The Morgan fingerprint density at radius 2 is 2.35 bits per heavy atom. The van der Waals surface area contributed by atoms with Gasteiger partial charge in [0.15, 0.2) is 0 Å². The zero-order valence-electron chi connectivity index (χ0n) is 11.0. The van der Waals surface area contributed by atoms with Gasteiger partial charge in [0.1, 0.15) is 16.7 Å². The lowest BCUT2D eigenvalue weighted by Gasteiger charge is -2.21. The Morgan fingerprint density at radius 3 is 3.05 bits per heavy atom. The van der Waals surface area contributed by atoms with E-state index in [1.54, 1.807) is 11.8 Å². The summed E-state index contributed by atoms with van der Waals surface area (Å²) in [6.45, 7) is 0.0379. The van der Waals surface area contributed by atoms with Crippen LogP contribution < -0.4 is 10.9 Å². The fourth-order valence-electron chi connectivity index (χ4n) is 1.86. The molecule has 0 spiro atoms. The summed E-state index contributed by atoms with van der Waals surface area (Å²) in [5.74, 6) is 0.651. The van der Waals surface area contributed by atoms with Crippen LogP contribution in [0.3, 0.4) is 0 Å². The molecule has 2 aromatic heterocycles. The summed E-state index contributed by atoms with van der Waals surface area (Å²) in [5, 5.41) is 28.5. The number of nitrogens with zero attached hydrogens (tertiary/aromatic N) is 2. The molecular formula is C11H17N5O3S. The number of aromatic nitrogens is 4. The van der Waals surface area contributed by atoms with Gasteiger partial charge >= 0.3 is 0 Å². The normalized spacial score (nSPS) is 14.6. The maximum absolute atomic E-state index is 11.5. The van der Waals surface area contributed by atoms with E-state index in [1.807, 2.05) is 6.26 Å². The highest BCUT2D eigenvalue weighted by atomic mass is 32.2. The Hall–Kier alpha value is -1.42. The summed E-state index contributed by atoms with van der Waals surface area (Å²) in [7, 11) is 0. The number of rotatable bonds is 7. The monoisotopic (exact) mass is 299 g/mol. The number of H-pyrrole nitrogens is 2. The highest BCUT2D eigenvalue weighted by Crippen LogP contribution is 2.09. The zero-order valence-corrected chi connectivity index (χ0v) is 11.8. The zero-order chi connectivity index (χ0) is 14.5. The van der Waals surface area contributed by atoms with E-state index >= 15 is 0 Å². The molecule has 2 rings (SSSR count). The third-order valence-electron chi connectivity index (χ3n) is 2.96. The van der Waals surface area contributed by atoms with Crippen molar-refractivity contribution in [1.29, 1.82) is 0 Å². The Bertz CT molecular complexity index is 613. The summed E-state index contributed by atoms with van der Waals surface area (Å²) in [4.78, 5) is 18.1. The van der Waals surface area contributed by atoms with Gasteiger partial charge in [-0.05, 0) is 6.26 Å². The van der Waals surface area contributed by atoms with E-state index in [4.69, 9.17) is 5.11 Å². The molecule has 8 nitrogen and oxygen atoms in total. The Morgan fingerprint density at radius 1 is 1.55 bits per heavy atom. The molecule has 0 aliphatic heterocycles. The first kappa shape index (κ1) is 15.0. The van der Waals surface area contributed by atoms with Gasteiger partial charge < -0.3 is 20.5 Å². The largest absolute Gasteiger partial charge is 0.394 e. The molecule has 0 bridgehead atoms. The molecule has 0 aromatic carbocycles. The molecular weight excluding hydrogens is 282 g/mol. The van der Waals surface area contributed by atoms with Crippen LogP contribution in [0.1, 0.15) is 5.69 Å². The Labute approximate surface area is 119 Å². The molecule has 0 aliphatic carbocycles. The van der Waals surface area contributed by atoms with Gasteiger partial charge in [-0.2, -0.15) is 16.9 Å². The lowest BCUT2D eigenvalue weighted by Crippen LogP contribution is -2.43. The summed E-state index contributed by atoms with van der Waals surface area (Å²) < 4.78 is 0. The number of thioether (sulfide) groups is 1. The van der Waals surface area contributed by atoms with Crippen molar-refractivity contribution < 1.29 is 10.2 Å². The van der Waals surface area contributed by atoms with Gasteiger partial charge in [-0.3, -0.25) is 9.89 Å². The van der Waals surface area contributed by atoms with E-state index in [2.05, 4.69) is 25.5 Å². The van der Waals surface area contributed by atoms with Crippen molar-refractivity contribution in [3.8, 4) is 0 Å². The molecule has 0 unspecified atom stereocenters. The summed E-state index contributed by atoms with van der Waals surface area (Å²) in [6, 6.07) is -0.260. The molecule has 2 heterocycles. The van der Waals surface area contributed by atoms with E-state index in [1.165, 1.54) is 6.33 Å². The lowest BCUT2D eigenvalue weighted by atomic mass is 10.2. The van der Waals surface area contributed by atoms with Gasteiger partial charge in [0, 0.05) is 18.3 Å². The minimum atomic E-state index is -0.844. The predicted molar refractivity (Wildman–Crippen MR) is 76.6 cm³/mol. The van der Waals surface area contributed by atoms with Crippen LogP contribution in [-0.4, -0.2) is 61.1 Å². The number of aliphatic hydroxyl groups excluding tert-OH is 2. The number of aliphatic hydroxyl groups is 2. The Kier molecular flexibility index (Phi) is 5.12. The van der Waals surface area contributed by atoms with Crippen LogP contribution in [-0.2, 0) is 6.54 Å². The van der Waals surface area contributed by atoms with Crippen molar-refractivity contribution in [3.05, 3.63) is 22.4 Å². The minimum Gasteiger partial charge on any atom is -0.394 e. The Balaban J connectivity index is 2.12. The lowest BCUT2D eigenvalue weighted by molar-refractivity contribution is 0.0688. The van der Waals surface area contributed by atoms with Crippen molar-refractivity contribution in [3.63, 3.8) is 0 Å². The van der Waals surface area contributed by atoms with Crippen LogP contribution >= 0.6 is 11.8 Å². The van der Waals surface area contributed by atoms with E-state index in [0.29, 0.717) is 29.0 Å². The molecule has 0 saturated heterocycles. The maximum Gasteiger partial charge on any atom is 0.276 e. The van der Waals surface area contributed by atoms with Gasteiger partial charge in [-0.1, -0.05) is 0 Å². The first-order valence-electron chi connectivity index (χ1n) is 6.09. The van der Waals surface area contributed by atoms with Crippen molar-refractivity contribution in [2.24, 2.45) is 0 Å². The van der Waals surface area contributed by atoms with Crippen LogP contribution in [0.2, 0.25) is 0 Å². The van der Waals surface area contributed by atoms with E-state index < -0.39 is 6.10 Å². The van der Waals surface area contributed by atoms with Crippen molar-refractivity contribution in [2.45, 2.75) is 18.7 Å². The highest BCUT2D eigenvalue weighted by molar-refractivity contribution is 7.98. The summed E-state index contributed by atoms with van der Waals surface area (Å²) in [5.41, 5.74) is 1.16. The van der Waals surface area contributed by atoms with E-state index in [9.17, 15) is 9.90 Å². The van der Waals surface area contributed by atoms with Crippen LogP contribution in [0.4, 0.5) is 0 Å². The van der Waals surface area contributed by atoms with Gasteiger partial charge in [0.25, 0.3) is 5.56 Å². The quantitative estimate of drug-likeness (QED) is 0.435. The summed E-state index contributed by atoms with van der Waals surface area (Å²) in [6.07, 6.45) is 2.40. The second-order valence-electron chi connectivity index (χ2n) is 4.32. The summed E-state index contributed by atoms with van der Waals surface area (Å²) >= 11 is 1.56. The second kappa shape index (κ2) is 6.84. The average Bonchev–Trinajstić information content (AvgIpc) is 2.87. The predicted octanol–water partition coefficient (Wildman–Crippen LogP) is -1.18. The van der Waals surface area contributed by atoms with Crippen molar-refractivity contribution in [2.75, 3.05) is 18.6 Å². The fourth-order valence-corrected chi connectivity index (χ4v) is 2.56. The molecule has 20 heavy (non-hydrogen) atoms. The third-order valence-corrected chi connectivity index (χ3v) is 3.65. The number of hydrogen-bond acceptors (Lipinski definition) is 7. The first-order chi connectivity index (χ1) is 9.67. The second-order valence-corrected chi connectivity index (χ2v) is 5.23. The average molecular weight is 299 g/mol. The maximum atomic E-state index is 11.5.